The van der Waals surface area contributed by atoms with E-state index in [1.165, 1.54) is 23.0 Å². The van der Waals surface area contributed by atoms with Crippen LogP contribution in [0.2, 0.25) is 10.0 Å². The highest BCUT2D eigenvalue weighted by atomic mass is 35.5. The van der Waals surface area contributed by atoms with Gasteiger partial charge in [-0.2, -0.15) is 0 Å². The van der Waals surface area contributed by atoms with Crippen molar-refractivity contribution >= 4 is 46.6 Å². The van der Waals surface area contributed by atoms with Crippen LogP contribution < -0.4 is 24.4 Å². The van der Waals surface area contributed by atoms with Crippen LogP contribution in [0.4, 0.5) is 0 Å². The minimum Gasteiger partial charge on any atom is -0.496 e. The van der Waals surface area contributed by atoms with Crippen LogP contribution in [0.5, 0.6) is 11.5 Å². The lowest BCUT2D eigenvalue weighted by molar-refractivity contribution is -0.139. The third-order valence-electron chi connectivity index (χ3n) is 5.94. The molecule has 0 bridgehead atoms. The zero-order chi connectivity index (χ0) is 27.4. The molecule has 0 fully saturated rings. The van der Waals surface area contributed by atoms with Gasteiger partial charge in [-0.15, -0.1) is 0 Å². The lowest BCUT2D eigenvalue weighted by atomic mass is 9.93. The van der Waals surface area contributed by atoms with E-state index in [0.29, 0.717) is 66.3 Å². The Balaban J connectivity index is 2.05. The van der Waals surface area contributed by atoms with Crippen molar-refractivity contribution in [2.45, 2.75) is 39.7 Å². The summed E-state index contributed by atoms with van der Waals surface area (Å²) >= 11 is 13.9. The summed E-state index contributed by atoms with van der Waals surface area (Å²) in [6.45, 7) is 6.27. The fraction of sp³-hybridized carbons (Fsp3) is 0.321. The molecule has 1 aliphatic heterocycles. The van der Waals surface area contributed by atoms with Gasteiger partial charge in [0.2, 0.25) is 0 Å². The van der Waals surface area contributed by atoms with Gasteiger partial charge in [-0.3, -0.25) is 9.36 Å². The number of esters is 1. The number of carbonyl (C=O) groups excluding carboxylic acids is 1. The van der Waals surface area contributed by atoms with Crippen LogP contribution in [0.1, 0.15) is 50.8 Å². The quantitative estimate of drug-likeness (QED) is 0.324. The Hall–Kier alpha value is -3.07. The monoisotopic (exact) mass is 574 g/mol. The highest BCUT2D eigenvalue weighted by molar-refractivity contribution is 7.07. The van der Waals surface area contributed by atoms with Crippen molar-refractivity contribution in [3.63, 3.8) is 0 Å². The number of hydrogen-bond donors (Lipinski definition) is 0. The molecule has 4 rings (SSSR count). The van der Waals surface area contributed by atoms with E-state index < -0.39 is 12.0 Å². The van der Waals surface area contributed by atoms with E-state index in [0.717, 1.165) is 6.42 Å². The van der Waals surface area contributed by atoms with E-state index in [-0.39, 0.29) is 12.2 Å². The van der Waals surface area contributed by atoms with Gasteiger partial charge in [0.05, 0.1) is 36.1 Å². The van der Waals surface area contributed by atoms with Crippen molar-refractivity contribution in [3.05, 3.63) is 88.5 Å². The van der Waals surface area contributed by atoms with Crippen LogP contribution >= 0.6 is 34.5 Å². The molecule has 3 aromatic rings. The summed E-state index contributed by atoms with van der Waals surface area (Å²) in [5, 5.41) is 0.962. The number of fused-ring (bicyclic) bond motifs is 1. The standard InChI is InChI=1S/C28H28Cl2N2O5S/c1-5-8-20-24(27(34)37-7-3)25(19-15-18(30)10-12-22(19)35-4)32-26(33)23(38-28(32)31-20)14-16-13-17(29)9-11-21(16)36-6-2/h9-15,25H,5-8H2,1-4H3/b23-14+/t25-/m0/s1. The average molecular weight is 576 g/mol. The molecule has 0 unspecified atom stereocenters. The highest BCUT2D eigenvalue weighted by Crippen LogP contribution is 2.38. The molecule has 1 atom stereocenters. The molecular weight excluding hydrogens is 547 g/mol. The van der Waals surface area contributed by atoms with Gasteiger partial charge in [0.25, 0.3) is 5.56 Å². The summed E-state index contributed by atoms with van der Waals surface area (Å²) < 4.78 is 18.8. The summed E-state index contributed by atoms with van der Waals surface area (Å²) in [5.41, 5.74) is 1.78. The first-order valence-corrected chi connectivity index (χ1v) is 13.9. The fourth-order valence-corrected chi connectivity index (χ4v) is 5.77. The first-order valence-electron chi connectivity index (χ1n) is 12.3. The van der Waals surface area contributed by atoms with Crippen molar-refractivity contribution in [3.8, 4) is 11.5 Å². The molecule has 0 saturated carbocycles. The second kappa shape index (κ2) is 12.2. The number of methoxy groups -OCH3 is 1. The Morgan fingerprint density at radius 1 is 1.08 bits per heavy atom. The molecule has 0 amide bonds. The maximum Gasteiger partial charge on any atom is 0.338 e. The lowest BCUT2D eigenvalue weighted by Crippen LogP contribution is -2.40. The Bertz CT molecular complexity index is 1570. The molecule has 2 heterocycles. The summed E-state index contributed by atoms with van der Waals surface area (Å²) in [6.07, 6.45) is 3.01. The van der Waals surface area contributed by atoms with Crippen molar-refractivity contribution < 1.29 is 19.0 Å². The number of allylic oxidation sites excluding steroid dienone is 1. The van der Waals surface area contributed by atoms with E-state index in [4.69, 9.17) is 42.4 Å². The number of rotatable bonds is 9. The number of nitrogens with zero attached hydrogens (tertiary/aromatic N) is 2. The number of aromatic nitrogens is 1. The summed E-state index contributed by atoms with van der Waals surface area (Å²) in [4.78, 5) is 32.6. The zero-order valence-electron chi connectivity index (χ0n) is 21.5. The SMILES string of the molecule is CCCC1=C(C(=O)OCC)[C@H](c2cc(Cl)ccc2OC)n2c(s/c(=C/c3cc(Cl)ccc3OCC)c2=O)=N1. The molecule has 2 aromatic carbocycles. The predicted molar refractivity (Wildman–Crippen MR) is 150 cm³/mol. The number of thiazole rings is 1. The zero-order valence-corrected chi connectivity index (χ0v) is 23.9. The van der Waals surface area contributed by atoms with Crippen LogP contribution in [-0.2, 0) is 9.53 Å². The molecule has 0 saturated heterocycles. The second-order valence-corrected chi connectivity index (χ2v) is 10.3. The van der Waals surface area contributed by atoms with E-state index in [9.17, 15) is 9.59 Å². The van der Waals surface area contributed by atoms with Gasteiger partial charge in [0, 0.05) is 21.2 Å². The van der Waals surface area contributed by atoms with Crippen molar-refractivity contribution in [1.29, 1.82) is 0 Å². The lowest BCUT2D eigenvalue weighted by Gasteiger charge is -2.27. The van der Waals surface area contributed by atoms with Crippen molar-refractivity contribution in [1.82, 2.24) is 4.57 Å². The van der Waals surface area contributed by atoms with Gasteiger partial charge in [-0.05, 0) is 62.7 Å². The van der Waals surface area contributed by atoms with E-state index >= 15 is 0 Å². The average Bonchev–Trinajstić information content (AvgIpc) is 3.19. The minimum absolute atomic E-state index is 0.181. The third kappa shape index (κ3) is 5.53. The van der Waals surface area contributed by atoms with E-state index in [1.807, 2.05) is 13.8 Å². The van der Waals surface area contributed by atoms with Crippen molar-refractivity contribution in [2.75, 3.05) is 20.3 Å². The molecular formula is C28H28Cl2N2O5S. The first kappa shape index (κ1) is 28.0. The molecule has 38 heavy (non-hydrogen) atoms. The van der Waals surface area contributed by atoms with Gasteiger partial charge in [0.1, 0.15) is 17.5 Å². The maximum atomic E-state index is 14.0. The summed E-state index contributed by atoms with van der Waals surface area (Å²) in [7, 11) is 1.53. The second-order valence-electron chi connectivity index (χ2n) is 8.41. The summed E-state index contributed by atoms with van der Waals surface area (Å²) in [5.74, 6) is 0.561. The normalized spacial score (nSPS) is 15.2. The van der Waals surface area contributed by atoms with Gasteiger partial charge in [-0.1, -0.05) is 47.9 Å². The number of benzene rings is 2. The molecule has 1 aromatic heterocycles. The van der Waals surface area contributed by atoms with Gasteiger partial charge >= 0.3 is 5.97 Å². The van der Waals surface area contributed by atoms with Crippen LogP contribution in [-0.4, -0.2) is 30.9 Å². The van der Waals surface area contributed by atoms with Crippen LogP contribution in [0.25, 0.3) is 6.08 Å². The molecule has 0 spiro atoms. The largest absolute Gasteiger partial charge is 0.496 e. The highest BCUT2D eigenvalue weighted by Gasteiger charge is 2.36. The Morgan fingerprint density at radius 3 is 2.45 bits per heavy atom. The van der Waals surface area contributed by atoms with Gasteiger partial charge < -0.3 is 14.2 Å². The Morgan fingerprint density at radius 2 is 1.79 bits per heavy atom. The molecule has 0 aliphatic carbocycles. The molecule has 0 N–H and O–H groups in total. The number of hydrogen-bond acceptors (Lipinski definition) is 7. The number of halogens is 2. The predicted octanol–water partition coefficient (Wildman–Crippen LogP) is 5.29. The first-order chi connectivity index (χ1) is 18.3. The van der Waals surface area contributed by atoms with E-state index in [2.05, 4.69) is 0 Å². The third-order valence-corrected chi connectivity index (χ3v) is 7.39. The van der Waals surface area contributed by atoms with Crippen LogP contribution in [0.3, 0.4) is 0 Å². The molecule has 200 valence electrons. The Kier molecular flexibility index (Phi) is 8.97. The Labute approximate surface area is 234 Å². The van der Waals surface area contributed by atoms with Crippen LogP contribution in [0.15, 0.2) is 57.5 Å². The number of ether oxygens (including phenoxy) is 3. The topological polar surface area (TPSA) is 79.1 Å². The molecule has 0 radical (unpaired) electrons. The van der Waals surface area contributed by atoms with Crippen molar-refractivity contribution in [2.24, 2.45) is 4.99 Å². The minimum atomic E-state index is -0.839. The molecule has 7 nitrogen and oxygen atoms in total. The summed E-state index contributed by atoms with van der Waals surface area (Å²) in [6, 6.07) is 9.54. The molecule has 1 aliphatic rings. The maximum absolute atomic E-state index is 14.0. The van der Waals surface area contributed by atoms with Gasteiger partial charge in [0.15, 0.2) is 4.80 Å². The fourth-order valence-electron chi connectivity index (χ4n) is 4.39. The smallest absolute Gasteiger partial charge is 0.338 e. The number of carbonyl (C=O) groups is 1. The van der Waals surface area contributed by atoms with Gasteiger partial charge in [-0.25, -0.2) is 9.79 Å². The van der Waals surface area contributed by atoms with Crippen LogP contribution in [0, 0.1) is 0 Å². The van der Waals surface area contributed by atoms with E-state index in [1.54, 1.807) is 49.4 Å². The molecule has 10 heteroatoms.